The van der Waals surface area contributed by atoms with Crippen LogP contribution in [0.1, 0.15) is 37.7 Å². The molecular weight excluding hydrogens is 452 g/mol. The molecule has 190 valence electrons. The van der Waals surface area contributed by atoms with E-state index in [9.17, 15) is 5.11 Å². The summed E-state index contributed by atoms with van der Waals surface area (Å²) in [6.07, 6.45) is 0.814. The number of nitrogens with two attached hydrogens (primary N) is 1. The maximum Gasteiger partial charge on any atom is 0.152 e. The Balaban J connectivity index is 1.52. The molecule has 2 aromatic carbocycles. The Morgan fingerprint density at radius 1 is 1.08 bits per heavy atom. The molecule has 1 aliphatic heterocycles. The van der Waals surface area contributed by atoms with Crippen molar-refractivity contribution in [3.05, 3.63) is 59.4 Å². The number of aliphatic hydroxyl groups is 1. The summed E-state index contributed by atoms with van der Waals surface area (Å²) in [4.78, 5) is 11.9. The van der Waals surface area contributed by atoms with Crippen LogP contribution in [0.3, 0.4) is 0 Å². The fraction of sp³-hybridized carbons (Fsp3) is 0.429. The van der Waals surface area contributed by atoms with Gasteiger partial charge < -0.3 is 30.4 Å². The summed E-state index contributed by atoms with van der Waals surface area (Å²) in [5, 5.41) is 15.0. The Kier molecular flexibility index (Phi) is 6.83. The van der Waals surface area contributed by atoms with Crippen LogP contribution in [0, 0.1) is 0 Å². The number of nitrogens with one attached hydrogen (secondary N) is 1. The zero-order valence-corrected chi connectivity index (χ0v) is 21.4. The molecule has 0 aliphatic carbocycles. The molecule has 1 saturated heterocycles. The lowest BCUT2D eigenvalue weighted by Crippen LogP contribution is -2.43. The quantitative estimate of drug-likeness (QED) is 0.349. The van der Waals surface area contributed by atoms with Gasteiger partial charge in [-0.05, 0) is 56.5 Å². The van der Waals surface area contributed by atoms with Crippen LogP contribution >= 0.6 is 0 Å². The lowest BCUT2D eigenvalue weighted by molar-refractivity contribution is 0.0582. The molecule has 1 fully saturated rings. The van der Waals surface area contributed by atoms with Crippen LogP contribution in [0.2, 0.25) is 0 Å². The van der Waals surface area contributed by atoms with Crippen molar-refractivity contribution in [3.63, 3.8) is 0 Å². The van der Waals surface area contributed by atoms with Crippen molar-refractivity contribution in [2.75, 3.05) is 43.4 Å². The highest BCUT2D eigenvalue weighted by Gasteiger charge is 2.22. The Bertz CT molecular complexity index is 1370. The van der Waals surface area contributed by atoms with E-state index in [4.69, 9.17) is 20.4 Å². The molecule has 0 atom stereocenters. The van der Waals surface area contributed by atoms with Crippen LogP contribution in [0.5, 0.6) is 0 Å². The maximum atomic E-state index is 10.6. The number of anilines is 2. The summed E-state index contributed by atoms with van der Waals surface area (Å²) in [5.41, 5.74) is 11.6. The molecule has 8 heteroatoms. The van der Waals surface area contributed by atoms with E-state index in [2.05, 4.69) is 52.7 Å². The first kappa shape index (κ1) is 24.5. The van der Waals surface area contributed by atoms with Crippen molar-refractivity contribution >= 4 is 33.4 Å². The van der Waals surface area contributed by atoms with Crippen molar-refractivity contribution in [1.29, 1.82) is 0 Å². The number of nitrogens with zero attached hydrogens (tertiary/aromatic N) is 4. The number of imidazole rings is 1. The molecule has 0 unspecified atom stereocenters. The van der Waals surface area contributed by atoms with Crippen LogP contribution in [0.15, 0.2) is 42.5 Å². The summed E-state index contributed by atoms with van der Waals surface area (Å²) in [5.74, 6) is 1.13. The molecule has 0 saturated carbocycles. The van der Waals surface area contributed by atoms with E-state index in [1.54, 1.807) is 13.8 Å². The SMILES string of the molecule is CCOCc1nc2c(N)nc3cc(Cc4cccc(N5CCNCC5)c4)ccc3c2n1CC(C)(C)O. The second-order valence-electron chi connectivity index (χ2n) is 10.2. The maximum absolute atomic E-state index is 10.6. The number of piperazine rings is 1. The number of fused-ring (bicyclic) bond motifs is 3. The number of pyridine rings is 1. The summed E-state index contributed by atoms with van der Waals surface area (Å²) < 4.78 is 7.69. The molecule has 0 amide bonds. The number of ether oxygens (including phenoxy) is 1. The molecule has 2 aromatic heterocycles. The number of hydrogen-bond acceptors (Lipinski definition) is 7. The zero-order chi connectivity index (χ0) is 25.3. The first-order valence-electron chi connectivity index (χ1n) is 12.7. The summed E-state index contributed by atoms with van der Waals surface area (Å²) >= 11 is 0. The number of benzene rings is 2. The van der Waals surface area contributed by atoms with E-state index in [0.29, 0.717) is 31.1 Å². The normalized spacial score (nSPS) is 14.7. The third-order valence-electron chi connectivity index (χ3n) is 6.63. The molecule has 0 radical (unpaired) electrons. The summed E-state index contributed by atoms with van der Waals surface area (Å²) in [6, 6.07) is 15.2. The summed E-state index contributed by atoms with van der Waals surface area (Å²) in [6.45, 7) is 11.0. The highest BCUT2D eigenvalue weighted by atomic mass is 16.5. The van der Waals surface area contributed by atoms with E-state index in [-0.39, 0.29) is 0 Å². The summed E-state index contributed by atoms with van der Waals surface area (Å²) in [7, 11) is 0. The van der Waals surface area contributed by atoms with Crippen LogP contribution in [0.4, 0.5) is 11.5 Å². The average molecular weight is 489 g/mol. The highest BCUT2D eigenvalue weighted by Crippen LogP contribution is 2.31. The average Bonchev–Trinajstić information content (AvgIpc) is 3.21. The molecule has 4 N–H and O–H groups in total. The standard InChI is InChI=1S/C28H36N6O2/c1-4-36-17-24-32-25-26(34(24)18-28(2,3)35)22-9-8-20(16-23(22)31-27(25)29)14-19-6-5-7-21(15-19)33-12-10-30-11-13-33/h5-9,15-16,30,35H,4,10-14,17-18H2,1-3H3,(H2,29,31). The Morgan fingerprint density at radius 2 is 1.86 bits per heavy atom. The minimum atomic E-state index is -0.922. The van der Waals surface area contributed by atoms with E-state index in [1.807, 2.05) is 11.5 Å². The van der Waals surface area contributed by atoms with Crippen LogP contribution in [-0.2, 0) is 24.3 Å². The zero-order valence-electron chi connectivity index (χ0n) is 21.4. The minimum absolute atomic E-state index is 0.351. The van der Waals surface area contributed by atoms with Gasteiger partial charge in [0.2, 0.25) is 0 Å². The molecule has 8 nitrogen and oxygen atoms in total. The van der Waals surface area contributed by atoms with Crippen molar-refractivity contribution in [3.8, 4) is 0 Å². The van der Waals surface area contributed by atoms with Gasteiger partial charge in [-0.2, -0.15) is 0 Å². The predicted molar refractivity (Wildman–Crippen MR) is 145 cm³/mol. The minimum Gasteiger partial charge on any atom is -0.389 e. The number of hydrogen-bond donors (Lipinski definition) is 3. The third-order valence-corrected chi connectivity index (χ3v) is 6.63. The fourth-order valence-corrected chi connectivity index (χ4v) is 5.00. The number of aromatic nitrogens is 3. The first-order chi connectivity index (χ1) is 17.3. The first-order valence-corrected chi connectivity index (χ1v) is 12.7. The number of rotatable bonds is 8. The van der Waals surface area contributed by atoms with Crippen molar-refractivity contribution < 1.29 is 9.84 Å². The van der Waals surface area contributed by atoms with E-state index in [0.717, 1.165) is 54.8 Å². The van der Waals surface area contributed by atoms with Gasteiger partial charge in [-0.25, -0.2) is 9.97 Å². The third kappa shape index (κ3) is 5.16. The van der Waals surface area contributed by atoms with E-state index >= 15 is 0 Å². The highest BCUT2D eigenvalue weighted by molar-refractivity contribution is 6.06. The van der Waals surface area contributed by atoms with Crippen molar-refractivity contribution in [1.82, 2.24) is 19.9 Å². The van der Waals surface area contributed by atoms with Gasteiger partial charge in [0.05, 0.1) is 23.2 Å². The van der Waals surface area contributed by atoms with Gasteiger partial charge in [0.1, 0.15) is 17.9 Å². The Labute approximate surface area is 212 Å². The molecule has 0 spiro atoms. The molecule has 1 aliphatic rings. The molecule has 3 heterocycles. The second kappa shape index (κ2) is 10.0. The van der Waals surface area contributed by atoms with Gasteiger partial charge in [-0.15, -0.1) is 0 Å². The van der Waals surface area contributed by atoms with Gasteiger partial charge in [0.15, 0.2) is 5.82 Å². The molecule has 5 rings (SSSR count). The lowest BCUT2D eigenvalue weighted by Gasteiger charge is -2.29. The van der Waals surface area contributed by atoms with Crippen molar-refractivity contribution in [2.24, 2.45) is 0 Å². The van der Waals surface area contributed by atoms with E-state index in [1.165, 1.54) is 16.8 Å². The fourth-order valence-electron chi connectivity index (χ4n) is 5.00. The van der Waals surface area contributed by atoms with Gasteiger partial charge in [0.25, 0.3) is 0 Å². The van der Waals surface area contributed by atoms with Crippen LogP contribution < -0.4 is 16.0 Å². The molecule has 0 bridgehead atoms. The molecule has 4 aromatic rings. The Morgan fingerprint density at radius 3 is 2.61 bits per heavy atom. The topological polar surface area (TPSA) is 101 Å². The Hall–Kier alpha value is -3.20. The van der Waals surface area contributed by atoms with Crippen LogP contribution in [-0.4, -0.2) is 58.0 Å². The van der Waals surface area contributed by atoms with Crippen LogP contribution in [0.25, 0.3) is 21.9 Å². The predicted octanol–water partition coefficient (Wildman–Crippen LogP) is 3.47. The van der Waals surface area contributed by atoms with Gasteiger partial charge in [-0.3, -0.25) is 0 Å². The smallest absolute Gasteiger partial charge is 0.152 e. The molecule has 36 heavy (non-hydrogen) atoms. The van der Waals surface area contributed by atoms with Gasteiger partial charge in [0, 0.05) is 43.9 Å². The monoisotopic (exact) mass is 488 g/mol. The second-order valence-corrected chi connectivity index (χ2v) is 10.2. The van der Waals surface area contributed by atoms with Gasteiger partial charge in [-0.1, -0.05) is 24.3 Å². The van der Waals surface area contributed by atoms with Crippen molar-refractivity contribution in [2.45, 2.75) is 45.9 Å². The number of nitrogen functional groups attached to an aromatic ring is 1. The molecular formula is C28H36N6O2. The van der Waals surface area contributed by atoms with E-state index < -0.39 is 5.60 Å². The largest absolute Gasteiger partial charge is 0.389 e. The lowest BCUT2D eigenvalue weighted by atomic mass is 10.0. The van der Waals surface area contributed by atoms with Gasteiger partial charge >= 0.3 is 0 Å².